The number of aliphatic hydroxyl groups is 10. The van der Waals surface area contributed by atoms with E-state index in [1.54, 1.807) is 9.80 Å². The maximum absolute atomic E-state index is 10.2. The lowest BCUT2D eigenvalue weighted by Crippen LogP contribution is -2.50. The van der Waals surface area contributed by atoms with Crippen LogP contribution >= 0.6 is 49.7 Å². The molecule has 0 amide bonds. The van der Waals surface area contributed by atoms with E-state index in [4.69, 9.17) is 34.6 Å². The largest absolute Gasteiger partial charge is 0.394 e. The lowest BCUT2D eigenvalue weighted by atomic mass is 10.0. The molecule has 220 valence electrons. The number of hydrogen-bond donors (Lipinski definition) is 12. The van der Waals surface area contributed by atoms with Crippen LogP contribution in [0.1, 0.15) is 32.1 Å². The van der Waals surface area contributed by atoms with E-state index in [-0.39, 0.29) is 21.7 Å². The van der Waals surface area contributed by atoms with Crippen molar-refractivity contribution in [1.82, 2.24) is 9.80 Å². The Labute approximate surface area is 239 Å². The summed E-state index contributed by atoms with van der Waals surface area (Å²) in [5.74, 6) is 0. The molecule has 10 N–H and O–H groups in total. The molecule has 0 spiro atoms. The van der Waals surface area contributed by atoms with Crippen LogP contribution < -0.4 is 0 Å². The van der Waals surface area contributed by atoms with Gasteiger partial charge in [-0.1, -0.05) is 43.7 Å². The summed E-state index contributed by atoms with van der Waals surface area (Å²) >= 11 is 18.4. The van der Waals surface area contributed by atoms with E-state index in [9.17, 15) is 40.9 Å². The van der Waals surface area contributed by atoms with Crippen LogP contribution in [0.3, 0.4) is 0 Å². The Morgan fingerprint density at radius 2 is 0.784 bits per heavy atom. The maximum Gasteiger partial charge on any atom is 0.133 e. The summed E-state index contributed by atoms with van der Waals surface area (Å²) in [5.41, 5.74) is 0. The fourth-order valence-electron chi connectivity index (χ4n) is 3.46. The van der Waals surface area contributed by atoms with Gasteiger partial charge in [0.1, 0.15) is 45.3 Å². The van der Waals surface area contributed by atoms with E-state index in [0.717, 1.165) is 19.3 Å². The quantitative estimate of drug-likeness (QED) is 0.0373. The molecule has 0 rings (SSSR count). The average molecular weight is 611 g/mol. The van der Waals surface area contributed by atoms with Crippen molar-refractivity contribution >= 4 is 58.3 Å². The van der Waals surface area contributed by atoms with E-state index in [0.29, 0.717) is 25.9 Å². The molecule has 0 bridgehead atoms. The first kappa shape index (κ1) is 37.1. The van der Waals surface area contributed by atoms with Gasteiger partial charge in [-0.05, 0) is 12.8 Å². The lowest BCUT2D eigenvalue weighted by molar-refractivity contribution is -0.117. The first-order valence-corrected chi connectivity index (χ1v) is 13.6. The van der Waals surface area contributed by atoms with E-state index < -0.39 is 62.0 Å². The van der Waals surface area contributed by atoms with Crippen molar-refractivity contribution in [1.29, 1.82) is 0 Å². The topological polar surface area (TPSA) is 209 Å². The summed E-state index contributed by atoms with van der Waals surface area (Å²) < 4.78 is 0.387. The van der Waals surface area contributed by atoms with Gasteiger partial charge in [0.25, 0.3) is 0 Å². The highest BCUT2D eigenvalue weighted by Crippen LogP contribution is 2.13. The zero-order chi connectivity index (χ0) is 28.7. The summed E-state index contributed by atoms with van der Waals surface area (Å²) in [6.45, 7) is -0.904. The van der Waals surface area contributed by atoms with Gasteiger partial charge in [-0.3, -0.25) is 0 Å². The standard InChI is InChI=1S/C21H42N2O10S4/c24-10-14(28)18(32)16(30)12(26)8-22(20(34)35)6-4-2-1-3-5-7-23(21(36)37)9-13(27)17(31)19(33)15(29)11-25/h12-19,24-33H,1-11H2,(H,34,35)(H,36,37). The van der Waals surface area contributed by atoms with Gasteiger partial charge in [-0.2, -0.15) is 0 Å². The zero-order valence-corrected chi connectivity index (χ0v) is 23.9. The fourth-order valence-corrected chi connectivity index (χ4v) is 4.15. The van der Waals surface area contributed by atoms with Gasteiger partial charge in [-0.25, -0.2) is 0 Å². The Bertz CT molecular complexity index is 604. The normalized spacial score (nSPS) is 18.3. The highest BCUT2D eigenvalue weighted by molar-refractivity contribution is 8.11. The van der Waals surface area contributed by atoms with Gasteiger partial charge in [0.15, 0.2) is 0 Å². The van der Waals surface area contributed by atoms with E-state index in [1.165, 1.54) is 0 Å². The molecule has 0 saturated heterocycles. The molecule has 0 aromatic carbocycles. The Kier molecular flexibility index (Phi) is 20.1. The molecule has 0 aliphatic rings. The number of thiocarbonyl (C=S) groups is 2. The van der Waals surface area contributed by atoms with Crippen LogP contribution in [0.15, 0.2) is 0 Å². The smallest absolute Gasteiger partial charge is 0.133 e. The van der Waals surface area contributed by atoms with Crippen LogP contribution in [0.25, 0.3) is 0 Å². The SMILES string of the molecule is OCC(O)C(O)C(O)C(O)CN(CCCCCCCN(CC(O)C(O)C(O)C(O)CO)C(=S)S)C(=S)S. The minimum atomic E-state index is -1.72. The van der Waals surface area contributed by atoms with Gasteiger partial charge in [0.05, 0.1) is 25.4 Å². The summed E-state index contributed by atoms with van der Waals surface area (Å²) in [4.78, 5) is 3.11. The summed E-state index contributed by atoms with van der Waals surface area (Å²) in [5, 5.41) is 96.3. The molecule has 8 unspecified atom stereocenters. The molecule has 0 radical (unpaired) electrons. The van der Waals surface area contributed by atoms with Crippen LogP contribution in [0.2, 0.25) is 0 Å². The number of aliphatic hydroxyl groups excluding tert-OH is 10. The minimum absolute atomic E-state index is 0.120. The predicted octanol–water partition coefficient (Wildman–Crippen LogP) is -3.16. The molecule has 8 atom stereocenters. The van der Waals surface area contributed by atoms with Crippen molar-refractivity contribution < 1.29 is 51.1 Å². The zero-order valence-electron chi connectivity index (χ0n) is 20.5. The molecule has 0 aromatic rings. The summed E-state index contributed by atoms with van der Waals surface area (Å²) in [7, 11) is 0. The molecule has 12 nitrogen and oxygen atoms in total. The maximum atomic E-state index is 10.2. The van der Waals surface area contributed by atoms with E-state index >= 15 is 0 Å². The first-order valence-electron chi connectivity index (χ1n) is 11.9. The van der Waals surface area contributed by atoms with Crippen LogP contribution in [0, 0.1) is 0 Å². The van der Waals surface area contributed by atoms with Crippen molar-refractivity contribution in [2.24, 2.45) is 0 Å². The number of thiol groups is 2. The predicted molar refractivity (Wildman–Crippen MR) is 152 cm³/mol. The molecule has 16 heteroatoms. The van der Waals surface area contributed by atoms with Crippen molar-refractivity contribution in [3.63, 3.8) is 0 Å². The second kappa shape index (κ2) is 20.0. The van der Waals surface area contributed by atoms with E-state index in [2.05, 4.69) is 25.3 Å². The molecule has 37 heavy (non-hydrogen) atoms. The van der Waals surface area contributed by atoms with Crippen LogP contribution in [0.4, 0.5) is 0 Å². The number of unbranched alkanes of at least 4 members (excludes halogenated alkanes) is 4. The van der Waals surface area contributed by atoms with Gasteiger partial charge in [0, 0.05) is 26.2 Å². The summed E-state index contributed by atoms with van der Waals surface area (Å²) in [6, 6.07) is 0. The molecule has 0 saturated carbocycles. The Balaban J connectivity index is 4.45. The monoisotopic (exact) mass is 610 g/mol. The molecule has 0 fully saturated rings. The van der Waals surface area contributed by atoms with Gasteiger partial charge in [-0.15, -0.1) is 25.3 Å². The Hall–Kier alpha value is 0.0800. The average Bonchev–Trinajstić information content (AvgIpc) is 2.87. The molecule has 0 aliphatic heterocycles. The van der Waals surface area contributed by atoms with Gasteiger partial charge >= 0.3 is 0 Å². The van der Waals surface area contributed by atoms with Crippen LogP contribution in [-0.2, 0) is 0 Å². The first-order chi connectivity index (χ1) is 17.3. The molecule has 0 aromatic heterocycles. The van der Waals surface area contributed by atoms with E-state index in [1.807, 2.05) is 0 Å². The van der Waals surface area contributed by atoms with Crippen molar-refractivity contribution in [2.45, 2.75) is 80.9 Å². The fraction of sp³-hybridized carbons (Fsp3) is 0.905. The second-order valence-electron chi connectivity index (χ2n) is 8.82. The molecule has 0 aliphatic carbocycles. The Morgan fingerprint density at radius 1 is 0.514 bits per heavy atom. The van der Waals surface area contributed by atoms with Crippen molar-refractivity contribution in [3.05, 3.63) is 0 Å². The second-order valence-corrected chi connectivity index (χ2v) is 11.0. The lowest BCUT2D eigenvalue weighted by Gasteiger charge is -2.31. The van der Waals surface area contributed by atoms with Crippen molar-refractivity contribution in [3.8, 4) is 0 Å². The Morgan fingerprint density at radius 3 is 1.05 bits per heavy atom. The number of hydrogen-bond acceptors (Lipinski definition) is 12. The molecule has 0 heterocycles. The van der Waals surface area contributed by atoms with Crippen LogP contribution in [0.5, 0.6) is 0 Å². The summed E-state index contributed by atoms with van der Waals surface area (Å²) in [6.07, 6.45) is -9.04. The number of rotatable bonds is 20. The van der Waals surface area contributed by atoms with Crippen LogP contribution in [-0.4, -0.2) is 158 Å². The molecular formula is C21H42N2O10S4. The third-order valence-electron chi connectivity index (χ3n) is 5.86. The highest BCUT2D eigenvalue weighted by atomic mass is 32.1. The van der Waals surface area contributed by atoms with Gasteiger partial charge < -0.3 is 60.9 Å². The molecular weight excluding hydrogens is 569 g/mol. The third-order valence-corrected chi connectivity index (χ3v) is 6.94. The number of nitrogens with zero attached hydrogens (tertiary/aromatic N) is 2. The minimum Gasteiger partial charge on any atom is -0.394 e. The highest BCUT2D eigenvalue weighted by Gasteiger charge is 2.32. The van der Waals surface area contributed by atoms with Crippen molar-refractivity contribution in [2.75, 3.05) is 39.4 Å². The third kappa shape index (κ3) is 14.3. The van der Waals surface area contributed by atoms with Gasteiger partial charge in [0.2, 0.25) is 0 Å².